The maximum atomic E-state index is 12.8. The molecule has 0 aliphatic rings. The molecule has 2 amide bonds. The quantitative estimate of drug-likeness (QED) is 0.633. The Bertz CT molecular complexity index is 705. The van der Waals surface area contributed by atoms with Gasteiger partial charge in [0.25, 0.3) is 0 Å². The van der Waals surface area contributed by atoms with Crippen molar-refractivity contribution in [3.05, 3.63) is 71.5 Å². The molecule has 26 heavy (non-hydrogen) atoms. The van der Waals surface area contributed by atoms with Gasteiger partial charge in [-0.05, 0) is 42.0 Å². The number of halogens is 1. The van der Waals surface area contributed by atoms with Gasteiger partial charge in [0.05, 0.1) is 0 Å². The number of benzene rings is 2. The smallest absolute Gasteiger partial charge is 0.309 e. The van der Waals surface area contributed by atoms with Gasteiger partial charge in [-0.1, -0.05) is 42.5 Å². The summed E-state index contributed by atoms with van der Waals surface area (Å²) in [6, 6.07) is 15.4. The molecule has 2 aromatic carbocycles. The van der Waals surface area contributed by atoms with E-state index < -0.39 is 11.8 Å². The molecule has 5 nitrogen and oxygen atoms in total. The highest BCUT2D eigenvalue weighted by Gasteiger charge is 2.15. The molecule has 2 rings (SSSR count). The van der Waals surface area contributed by atoms with E-state index in [0.29, 0.717) is 24.9 Å². The van der Waals surface area contributed by atoms with Gasteiger partial charge in [-0.15, -0.1) is 0 Å². The topological polar surface area (TPSA) is 78.4 Å². The van der Waals surface area contributed by atoms with Crippen LogP contribution in [0.25, 0.3) is 0 Å². The summed E-state index contributed by atoms with van der Waals surface area (Å²) in [6.45, 7) is 0.553. The van der Waals surface area contributed by atoms with Crippen molar-refractivity contribution < 1.29 is 19.1 Å². The molecule has 0 aliphatic heterocycles. The number of amides is 2. The number of hydrogen-bond donors (Lipinski definition) is 3. The van der Waals surface area contributed by atoms with Gasteiger partial charge >= 0.3 is 11.8 Å². The molecule has 0 saturated heterocycles. The molecule has 0 aliphatic carbocycles. The average molecular weight is 358 g/mol. The van der Waals surface area contributed by atoms with Gasteiger partial charge in [0.2, 0.25) is 0 Å². The number of nitrogens with one attached hydrogen (secondary N) is 2. The largest absolute Gasteiger partial charge is 0.396 e. The van der Waals surface area contributed by atoms with Crippen molar-refractivity contribution in [1.82, 2.24) is 10.6 Å². The van der Waals surface area contributed by atoms with Crippen molar-refractivity contribution in [3.63, 3.8) is 0 Å². The summed E-state index contributed by atoms with van der Waals surface area (Å²) in [5, 5.41) is 14.3. The zero-order valence-corrected chi connectivity index (χ0v) is 14.5. The van der Waals surface area contributed by atoms with Crippen LogP contribution in [-0.4, -0.2) is 30.1 Å². The van der Waals surface area contributed by atoms with Crippen LogP contribution in [0.4, 0.5) is 4.39 Å². The van der Waals surface area contributed by atoms with E-state index in [-0.39, 0.29) is 24.9 Å². The predicted molar refractivity (Wildman–Crippen MR) is 96.8 cm³/mol. The lowest BCUT2D eigenvalue weighted by atomic mass is 9.93. The van der Waals surface area contributed by atoms with E-state index in [2.05, 4.69) is 10.6 Å². The van der Waals surface area contributed by atoms with E-state index in [1.807, 2.05) is 30.3 Å². The lowest BCUT2D eigenvalue weighted by Gasteiger charge is -2.16. The van der Waals surface area contributed by atoms with Crippen molar-refractivity contribution >= 4 is 11.8 Å². The first-order chi connectivity index (χ1) is 12.6. The van der Waals surface area contributed by atoms with Crippen molar-refractivity contribution in [1.29, 1.82) is 0 Å². The standard InChI is InChI=1S/C20H23FN2O3/c21-18-8-6-15(7-9-18)14-23-20(26)19(25)22-12-10-17(11-13-24)16-4-2-1-3-5-16/h1-9,17,24H,10-14H2,(H,22,25)(H,23,26). The molecule has 1 unspecified atom stereocenters. The Kier molecular flexibility index (Phi) is 7.76. The molecule has 1 atom stereocenters. The molecule has 6 heteroatoms. The first-order valence-corrected chi connectivity index (χ1v) is 8.56. The summed E-state index contributed by atoms with van der Waals surface area (Å²) in [4.78, 5) is 23.7. The monoisotopic (exact) mass is 358 g/mol. The van der Waals surface area contributed by atoms with E-state index in [4.69, 9.17) is 0 Å². The molecule has 0 spiro atoms. The Labute approximate surface area is 152 Å². The summed E-state index contributed by atoms with van der Waals surface area (Å²) >= 11 is 0. The minimum atomic E-state index is -0.729. The van der Waals surface area contributed by atoms with Gasteiger partial charge < -0.3 is 15.7 Å². The van der Waals surface area contributed by atoms with Crippen LogP contribution >= 0.6 is 0 Å². The summed E-state index contributed by atoms with van der Waals surface area (Å²) in [5.41, 5.74) is 1.80. The van der Waals surface area contributed by atoms with Crippen molar-refractivity contribution in [3.8, 4) is 0 Å². The third kappa shape index (κ3) is 6.29. The highest BCUT2D eigenvalue weighted by atomic mass is 19.1. The molecule has 0 radical (unpaired) electrons. The number of rotatable bonds is 8. The lowest BCUT2D eigenvalue weighted by molar-refractivity contribution is -0.139. The first kappa shape index (κ1) is 19.6. The van der Waals surface area contributed by atoms with Gasteiger partial charge in [0, 0.05) is 19.7 Å². The Balaban J connectivity index is 1.75. The second kappa shape index (κ2) is 10.3. The van der Waals surface area contributed by atoms with Crippen molar-refractivity contribution in [2.45, 2.75) is 25.3 Å². The average Bonchev–Trinajstić information content (AvgIpc) is 2.67. The molecule has 0 bridgehead atoms. The first-order valence-electron chi connectivity index (χ1n) is 8.56. The fraction of sp³-hybridized carbons (Fsp3) is 0.300. The fourth-order valence-electron chi connectivity index (χ4n) is 2.66. The SMILES string of the molecule is O=C(NCCC(CCO)c1ccccc1)C(=O)NCc1ccc(F)cc1. The Hall–Kier alpha value is -2.73. The molecular formula is C20H23FN2O3. The number of carbonyl (C=O) groups is 2. The molecule has 2 aromatic rings. The Morgan fingerprint density at radius 2 is 1.58 bits per heavy atom. The maximum absolute atomic E-state index is 12.8. The summed E-state index contributed by atoms with van der Waals surface area (Å²) < 4.78 is 12.8. The number of carbonyl (C=O) groups excluding carboxylic acids is 2. The molecule has 138 valence electrons. The van der Waals surface area contributed by atoms with E-state index in [9.17, 15) is 19.1 Å². The van der Waals surface area contributed by atoms with Gasteiger partial charge in [-0.25, -0.2) is 4.39 Å². The van der Waals surface area contributed by atoms with Crippen LogP contribution in [0, 0.1) is 5.82 Å². The van der Waals surface area contributed by atoms with Gasteiger partial charge in [0.15, 0.2) is 0 Å². The number of aliphatic hydroxyl groups excluding tert-OH is 1. The van der Waals surface area contributed by atoms with E-state index in [0.717, 1.165) is 5.56 Å². The third-order valence-corrected chi connectivity index (χ3v) is 4.10. The minimum Gasteiger partial charge on any atom is -0.396 e. The minimum absolute atomic E-state index is 0.0612. The molecule has 3 N–H and O–H groups in total. The van der Waals surface area contributed by atoms with E-state index >= 15 is 0 Å². The van der Waals surface area contributed by atoms with E-state index in [1.165, 1.54) is 12.1 Å². The van der Waals surface area contributed by atoms with Crippen LogP contribution in [0.2, 0.25) is 0 Å². The van der Waals surface area contributed by atoms with Crippen LogP contribution in [-0.2, 0) is 16.1 Å². The second-order valence-corrected chi connectivity index (χ2v) is 5.97. The Morgan fingerprint density at radius 3 is 2.23 bits per heavy atom. The molecular weight excluding hydrogens is 335 g/mol. The predicted octanol–water partition coefficient (Wildman–Crippen LogP) is 2.11. The van der Waals surface area contributed by atoms with Crippen LogP contribution in [0.1, 0.15) is 29.9 Å². The highest BCUT2D eigenvalue weighted by molar-refractivity contribution is 6.35. The van der Waals surface area contributed by atoms with Crippen molar-refractivity contribution in [2.24, 2.45) is 0 Å². The molecule has 0 fully saturated rings. The molecule has 0 heterocycles. The normalized spacial score (nSPS) is 11.6. The van der Waals surface area contributed by atoms with Gasteiger partial charge in [0.1, 0.15) is 5.82 Å². The zero-order chi connectivity index (χ0) is 18.8. The fourth-order valence-corrected chi connectivity index (χ4v) is 2.66. The second-order valence-electron chi connectivity index (χ2n) is 5.97. The van der Waals surface area contributed by atoms with Crippen LogP contribution in [0.3, 0.4) is 0 Å². The van der Waals surface area contributed by atoms with Crippen LogP contribution < -0.4 is 10.6 Å². The van der Waals surface area contributed by atoms with Gasteiger partial charge in [-0.2, -0.15) is 0 Å². The summed E-state index contributed by atoms with van der Waals surface area (Å²) in [6.07, 6.45) is 1.22. The van der Waals surface area contributed by atoms with Crippen LogP contribution in [0.5, 0.6) is 0 Å². The highest BCUT2D eigenvalue weighted by Crippen LogP contribution is 2.22. The van der Waals surface area contributed by atoms with Crippen LogP contribution in [0.15, 0.2) is 54.6 Å². The summed E-state index contributed by atoms with van der Waals surface area (Å²) in [5.74, 6) is -1.67. The van der Waals surface area contributed by atoms with Gasteiger partial charge in [-0.3, -0.25) is 9.59 Å². The van der Waals surface area contributed by atoms with E-state index in [1.54, 1.807) is 12.1 Å². The number of aliphatic hydroxyl groups is 1. The number of hydrogen-bond acceptors (Lipinski definition) is 3. The molecule has 0 saturated carbocycles. The maximum Gasteiger partial charge on any atom is 0.309 e. The van der Waals surface area contributed by atoms with Crippen molar-refractivity contribution in [2.75, 3.05) is 13.2 Å². The zero-order valence-electron chi connectivity index (χ0n) is 14.5. The molecule has 0 aromatic heterocycles. The third-order valence-electron chi connectivity index (χ3n) is 4.10. The Morgan fingerprint density at radius 1 is 0.923 bits per heavy atom. The summed E-state index contributed by atoms with van der Waals surface area (Å²) in [7, 11) is 0. The lowest BCUT2D eigenvalue weighted by Crippen LogP contribution is -2.40.